The zero-order chi connectivity index (χ0) is 19.4. The monoisotopic (exact) mass is 384 g/mol. The molecular weight excluding hydrogens is 362 g/mol. The summed E-state index contributed by atoms with van der Waals surface area (Å²) in [6.07, 6.45) is 1.45. The summed E-state index contributed by atoms with van der Waals surface area (Å²) in [5.74, 6) is -0.332. The fraction of sp³-hybridized carbons (Fsp3) is 0.444. The molecule has 0 radical (unpaired) electrons. The van der Waals surface area contributed by atoms with Gasteiger partial charge in [0.2, 0.25) is 0 Å². The van der Waals surface area contributed by atoms with Crippen LogP contribution in [0.2, 0.25) is 0 Å². The number of thiocarbonyl (C=S) groups is 1. The van der Waals surface area contributed by atoms with Crippen molar-refractivity contribution in [1.82, 2.24) is 10.6 Å². The number of nitrogens with one attached hydrogen (secondary N) is 2. The van der Waals surface area contributed by atoms with E-state index in [0.717, 1.165) is 12.0 Å². The van der Waals surface area contributed by atoms with E-state index >= 15 is 0 Å². The van der Waals surface area contributed by atoms with Crippen molar-refractivity contribution in [2.45, 2.75) is 46.3 Å². The van der Waals surface area contributed by atoms with Crippen LogP contribution >= 0.6 is 12.2 Å². The summed E-state index contributed by atoms with van der Waals surface area (Å²) in [6, 6.07) is 2.89. The molecule has 142 valence electrons. The number of alkyl halides is 2. The van der Waals surface area contributed by atoms with Gasteiger partial charge in [-0.3, -0.25) is 0 Å². The van der Waals surface area contributed by atoms with Crippen LogP contribution < -0.4 is 15.4 Å². The topological polar surface area (TPSA) is 59.6 Å². The van der Waals surface area contributed by atoms with Gasteiger partial charge in [-0.1, -0.05) is 13.3 Å². The first-order valence-electron chi connectivity index (χ1n) is 8.23. The number of carbonyl (C=O) groups excluding carboxylic acids is 1. The molecule has 0 saturated carbocycles. The van der Waals surface area contributed by atoms with E-state index in [4.69, 9.17) is 17.0 Å². The minimum absolute atomic E-state index is 0.137. The number of esters is 1. The molecule has 1 aromatic carbocycles. The lowest BCUT2D eigenvalue weighted by atomic mass is 9.91. The minimum Gasteiger partial charge on any atom is -0.466 e. The molecule has 5 nitrogen and oxygen atoms in total. The SMILES string of the molecule is CCCC1=C(C(=O)OC)[C@@H](c2cc(C)c(OC(F)F)c(C)c2)NC(=S)N1. The second-order valence-electron chi connectivity index (χ2n) is 6.03. The van der Waals surface area contributed by atoms with E-state index in [1.807, 2.05) is 6.92 Å². The molecule has 2 rings (SSSR count). The van der Waals surface area contributed by atoms with Crippen molar-refractivity contribution in [3.8, 4) is 5.75 Å². The molecule has 8 heteroatoms. The summed E-state index contributed by atoms with van der Waals surface area (Å²) in [5.41, 5.74) is 2.96. The normalized spacial score (nSPS) is 17.0. The van der Waals surface area contributed by atoms with Crippen molar-refractivity contribution in [2.75, 3.05) is 7.11 Å². The maximum Gasteiger partial charge on any atom is 0.387 e. The van der Waals surface area contributed by atoms with Gasteiger partial charge in [-0.15, -0.1) is 0 Å². The Bertz CT molecular complexity index is 727. The molecule has 0 aliphatic carbocycles. The highest BCUT2D eigenvalue weighted by Gasteiger charge is 2.32. The number of halogens is 2. The third kappa shape index (κ3) is 4.30. The molecule has 0 fully saturated rings. The van der Waals surface area contributed by atoms with Crippen molar-refractivity contribution in [3.63, 3.8) is 0 Å². The molecule has 2 N–H and O–H groups in total. The molecule has 1 heterocycles. The Balaban J connectivity index is 2.55. The highest BCUT2D eigenvalue weighted by atomic mass is 32.1. The summed E-state index contributed by atoms with van der Waals surface area (Å²) in [4.78, 5) is 12.4. The zero-order valence-corrected chi connectivity index (χ0v) is 15.9. The van der Waals surface area contributed by atoms with Gasteiger partial charge >= 0.3 is 12.6 Å². The first-order valence-corrected chi connectivity index (χ1v) is 8.64. The van der Waals surface area contributed by atoms with Crippen molar-refractivity contribution in [1.29, 1.82) is 0 Å². The van der Waals surface area contributed by atoms with E-state index in [0.29, 0.717) is 33.9 Å². The predicted molar refractivity (Wildman–Crippen MR) is 98.1 cm³/mol. The van der Waals surface area contributed by atoms with E-state index in [1.165, 1.54) is 7.11 Å². The highest BCUT2D eigenvalue weighted by Crippen LogP contribution is 2.34. The maximum atomic E-state index is 12.6. The quantitative estimate of drug-likeness (QED) is 0.577. The summed E-state index contributed by atoms with van der Waals surface area (Å²) in [7, 11) is 1.32. The fourth-order valence-electron chi connectivity index (χ4n) is 3.09. The van der Waals surface area contributed by atoms with E-state index in [2.05, 4.69) is 15.4 Å². The van der Waals surface area contributed by atoms with Crippen LogP contribution in [0.15, 0.2) is 23.4 Å². The molecule has 0 spiro atoms. The molecule has 1 aromatic rings. The number of benzene rings is 1. The number of aryl methyl sites for hydroxylation is 2. The number of rotatable bonds is 6. The lowest BCUT2D eigenvalue weighted by Gasteiger charge is -2.31. The highest BCUT2D eigenvalue weighted by molar-refractivity contribution is 7.80. The first-order chi connectivity index (χ1) is 12.3. The fourth-order valence-corrected chi connectivity index (χ4v) is 3.33. The second kappa shape index (κ2) is 8.44. The number of methoxy groups -OCH3 is 1. The van der Waals surface area contributed by atoms with Crippen LogP contribution in [0.5, 0.6) is 5.75 Å². The number of allylic oxidation sites excluding steroid dienone is 1. The number of ether oxygens (including phenoxy) is 2. The molecule has 26 heavy (non-hydrogen) atoms. The van der Waals surface area contributed by atoms with Gasteiger partial charge in [-0.25, -0.2) is 4.79 Å². The van der Waals surface area contributed by atoms with Crippen LogP contribution in [0, 0.1) is 13.8 Å². The van der Waals surface area contributed by atoms with Crippen LogP contribution in [0.4, 0.5) is 8.78 Å². The number of carbonyl (C=O) groups is 1. The van der Waals surface area contributed by atoms with Gasteiger partial charge in [0, 0.05) is 5.70 Å². The van der Waals surface area contributed by atoms with Gasteiger partial charge in [0.15, 0.2) is 5.11 Å². The Morgan fingerprint density at radius 3 is 2.42 bits per heavy atom. The summed E-state index contributed by atoms with van der Waals surface area (Å²) >= 11 is 5.27. The molecule has 1 aliphatic heterocycles. The Morgan fingerprint density at radius 1 is 1.31 bits per heavy atom. The van der Waals surface area contributed by atoms with E-state index in [-0.39, 0.29) is 5.75 Å². The average molecular weight is 384 g/mol. The average Bonchev–Trinajstić information content (AvgIpc) is 2.57. The van der Waals surface area contributed by atoms with Crippen molar-refractivity contribution in [3.05, 3.63) is 40.1 Å². The predicted octanol–water partition coefficient (Wildman–Crippen LogP) is 3.65. The van der Waals surface area contributed by atoms with Crippen molar-refractivity contribution in [2.24, 2.45) is 0 Å². The Hall–Kier alpha value is -2.22. The third-order valence-electron chi connectivity index (χ3n) is 4.08. The summed E-state index contributed by atoms with van der Waals surface area (Å²) in [5, 5.41) is 6.50. The maximum absolute atomic E-state index is 12.6. The Kier molecular flexibility index (Phi) is 6.52. The number of hydrogen-bond acceptors (Lipinski definition) is 4. The Morgan fingerprint density at radius 2 is 1.92 bits per heavy atom. The lowest BCUT2D eigenvalue weighted by Crippen LogP contribution is -2.45. The minimum atomic E-state index is -2.90. The van der Waals surface area contributed by atoms with Gasteiger partial charge in [0.1, 0.15) is 5.75 Å². The van der Waals surface area contributed by atoms with Gasteiger partial charge in [0.05, 0.1) is 18.7 Å². The molecule has 0 saturated heterocycles. The largest absolute Gasteiger partial charge is 0.466 e. The van der Waals surface area contributed by atoms with E-state index in [1.54, 1.807) is 26.0 Å². The standard InChI is InChI=1S/C18H22F2N2O3S/c1-5-6-12-13(16(23)24-4)14(22-18(26)21-12)11-7-9(2)15(10(3)8-11)25-17(19)20/h7-8,14,17H,5-6H2,1-4H3,(H2,21,22,26)/t14-/m1/s1. The molecule has 0 aromatic heterocycles. The van der Waals surface area contributed by atoms with E-state index in [9.17, 15) is 13.6 Å². The van der Waals surface area contributed by atoms with E-state index < -0.39 is 18.6 Å². The molecule has 1 atom stereocenters. The van der Waals surface area contributed by atoms with Gasteiger partial charge in [0.25, 0.3) is 0 Å². The van der Waals surface area contributed by atoms with Crippen LogP contribution in [-0.4, -0.2) is 24.8 Å². The van der Waals surface area contributed by atoms with Crippen LogP contribution in [0.25, 0.3) is 0 Å². The smallest absolute Gasteiger partial charge is 0.387 e. The zero-order valence-electron chi connectivity index (χ0n) is 15.1. The molecule has 1 aliphatic rings. The lowest BCUT2D eigenvalue weighted by molar-refractivity contribution is -0.136. The Labute approximate surface area is 156 Å². The molecule has 0 unspecified atom stereocenters. The second-order valence-corrected chi connectivity index (χ2v) is 6.44. The van der Waals surface area contributed by atoms with Crippen LogP contribution in [0.3, 0.4) is 0 Å². The third-order valence-corrected chi connectivity index (χ3v) is 4.30. The summed E-state index contributed by atoms with van der Waals surface area (Å²) in [6.45, 7) is 2.46. The number of hydrogen-bond donors (Lipinski definition) is 2. The van der Waals surface area contributed by atoms with Gasteiger partial charge in [-0.2, -0.15) is 8.78 Å². The molecular formula is C18H22F2N2O3S. The summed E-state index contributed by atoms with van der Waals surface area (Å²) < 4.78 is 34.8. The molecule has 0 amide bonds. The van der Waals surface area contributed by atoms with Crippen LogP contribution in [0.1, 0.15) is 42.5 Å². The van der Waals surface area contributed by atoms with Crippen molar-refractivity contribution >= 4 is 23.3 Å². The first kappa shape index (κ1) is 20.1. The van der Waals surface area contributed by atoms with Gasteiger partial charge < -0.3 is 20.1 Å². The van der Waals surface area contributed by atoms with Gasteiger partial charge in [-0.05, 0) is 61.3 Å². The van der Waals surface area contributed by atoms with Crippen molar-refractivity contribution < 1.29 is 23.0 Å². The molecule has 0 bridgehead atoms. The van der Waals surface area contributed by atoms with Crippen LogP contribution in [-0.2, 0) is 9.53 Å².